The van der Waals surface area contributed by atoms with E-state index >= 15 is 0 Å². The van der Waals surface area contributed by atoms with Crippen molar-refractivity contribution in [2.45, 2.75) is 0 Å². The molecular formula is C9H10N6O4S. The molecule has 0 unspecified atom stereocenters. The average molecular weight is 298 g/mol. The Morgan fingerprint density at radius 2 is 2.10 bits per heavy atom. The number of hydrogen-bond acceptors (Lipinski definition) is 7. The minimum atomic E-state index is -1.02. The summed E-state index contributed by atoms with van der Waals surface area (Å²) >= 11 is 0.728. The third-order valence-electron chi connectivity index (χ3n) is 2.46. The number of carboxylic acid groups (broad SMARTS) is 1. The number of aromatic nitrogens is 4. The van der Waals surface area contributed by atoms with Crippen molar-refractivity contribution in [2.75, 3.05) is 5.75 Å². The van der Waals surface area contributed by atoms with Crippen LogP contribution >= 0.6 is 11.9 Å². The molecule has 2 heterocycles. The molecule has 0 fully saturated rings. The monoisotopic (exact) mass is 298 g/mol. The summed E-state index contributed by atoms with van der Waals surface area (Å²) < 4.78 is 5.70. The third kappa shape index (κ3) is 2.47. The number of nitrogens with one attached hydrogen (secondary N) is 1. The molecule has 0 aliphatic carbocycles. The fourth-order valence-corrected chi connectivity index (χ4v) is 1.82. The summed E-state index contributed by atoms with van der Waals surface area (Å²) in [5.74, 6) is -1.23. The van der Waals surface area contributed by atoms with Gasteiger partial charge in [0.15, 0.2) is 11.2 Å². The van der Waals surface area contributed by atoms with Crippen LogP contribution in [0, 0.1) is 0 Å². The number of hydrogen-bond donors (Lipinski definition) is 2. The van der Waals surface area contributed by atoms with Gasteiger partial charge >= 0.3 is 11.7 Å². The molecule has 0 spiro atoms. The Hall–Kier alpha value is -2.43. The fraction of sp³-hybridized carbons (Fsp3) is 0.333. The van der Waals surface area contributed by atoms with Gasteiger partial charge in [-0.25, -0.2) is 4.79 Å². The number of fused-ring (bicyclic) bond motifs is 1. The summed E-state index contributed by atoms with van der Waals surface area (Å²) in [5, 5.41) is 12.1. The number of H-pyrrole nitrogens is 1. The van der Waals surface area contributed by atoms with Crippen molar-refractivity contribution < 1.29 is 9.90 Å². The summed E-state index contributed by atoms with van der Waals surface area (Å²) in [6.07, 6.45) is 0. The van der Waals surface area contributed by atoms with E-state index in [2.05, 4.69) is 19.6 Å². The predicted molar refractivity (Wildman–Crippen MR) is 71.2 cm³/mol. The lowest BCUT2D eigenvalue weighted by Crippen LogP contribution is -2.36. The third-order valence-corrected chi connectivity index (χ3v) is 3.04. The second-order valence-electron chi connectivity index (χ2n) is 3.81. The molecule has 2 aromatic heterocycles. The van der Waals surface area contributed by atoms with Crippen LogP contribution in [0.25, 0.3) is 11.2 Å². The highest BCUT2D eigenvalue weighted by molar-refractivity contribution is 7.98. The first-order chi connectivity index (χ1) is 9.41. The summed E-state index contributed by atoms with van der Waals surface area (Å²) in [6.45, 7) is 0. The minimum Gasteiger partial charge on any atom is -0.481 e. The molecule has 0 amide bonds. The number of rotatable bonds is 4. The number of aliphatic carboxylic acids is 1. The van der Waals surface area contributed by atoms with E-state index in [0.717, 1.165) is 16.5 Å². The highest BCUT2D eigenvalue weighted by Gasteiger charge is 2.12. The van der Waals surface area contributed by atoms with Crippen LogP contribution in [0.1, 0.15) is 0 Å². The van der Waals surface area contributed by atoms with Gasteiger partial charge in [0.05, 0.1) is 0 Å². The van der Waals surface area contributed by atoms with E-state index in [1.165, 1.54) is 18.7 Å². The molecule has 2 rings (SSSR count). The van der Waals surface area contributed by atoms with Crippen LogP contribution < -0.4 is 11.2 Å². The molecule has 11 heteroatoms. The van der Waals surface area contributed by atoms with Gasteiger partial charge in [0, 0.05) is 26.0 Å². The summed E-state index contributed by atoms with van der Waals surface area (Å²) in [7, 11) is 2.83. The van der Waals surface area contributed by atoms with Crippen LogP contribution in [0.5, 0.6) is 0 Å². The van der Waals surface area contributed by atoms with Gasteiger partial charge in [-0.15, -0.1) is 9.63 Å². The average Bonchev–Trinajstić information content (AvgIpc) is 2.83. The molecule has 2 N–H and O–H groups in total. The Labute approximate surface area is 115 Å². The second kappa shape index (κ2) is 5.28. The van der Waals surface area contributed by atoms with E-state index in [9.17, 15) is 14.4 Å². The maximum absolute atomic E-state index is 11.9. The molecule has 0 saturated carbocycles. The maximum atomic E-state index is 11.9. The Balaban J connectivity index is 2.42. The molecule has 0 bridgehead atoms. The normalized spacial score (nSPS) is 11.5. The van der Waals surface area contributed by atoms with Crippen LogP contribution in [-0.2, 0) is 18.9 Å². The minimum absolute atomic E-state index is 0.0242. The molecule has 0 aliphatic heterocycles. The summed E-state index contributed by atoms with van der Waals surface area (Å²) in [5.41, 5.74) is -0.727. The first-order valence-corrected chi connectivity index (χ1v) is 6.26. The van der Waals surface area contributed by atoms with Gasteiger partial charge in [0.1, 0.15) is 5.75 Å². The van der Waals surface area contributed by atoms with Crippen LogP contribution in [0.15, 0.2) is 19.2 Å². The van der Waals surface area contributed by atoms with Gasteiger partial charge in [-0.2, -0.15) is 4.98 Å². The number of carboxylic acids is 1. The quantitative estimate of drug-likeness (QED) is 0.591. The highest BCUT2D eigenvalue weighted by atomic mass is 32.2. The van der Waals surface area contributed by atoms with Crippen LogP contribution in [0.3, 0.4) is 0 Å². The van der Waals surface area contributed by atoms with E-state index in [1.54, 1.807) is 0 Å². The largest absolute Gasteiger partial charge is 0.481 e. The summed E-state index contributed by atoms with van der Waals surface area (Å²) in [6, 6.07) is 0. The van der Waals surface area contributed by atoms with Crippen molar-refractivity contribution in [1.82, 2.24) is 19.1 Å². The van der Waals surface area contributed by atoms with Crippen molar-refractivity contribution in [2.24, 2.45) is 23.7 Å². The van der Waals surface area contributed by atoms with E-state index in [4.69, 9.17) is 5.11 Å². The summed E-state index contributed by atoms with van der Waals surface area (Å²) in [4.78, 5) is 40.4. The molecule has 106 valence electrons. The lowest BCUT2D eigenvalue weighted by atomic mass is 10.5. The van der Waals surface area contributed by atoms with Crippen LogP contribution in [0.4, 0.5) is 5.95 Å². The lowest BCUT2D eigenvalue weighted by Gasteiger charge is -2.00. The molecular weight excluding hydrogens is 288 g/mol. The first kappa shape index (κ1) is 14.0. The molecule has 0 radical (unpaired) electrons. The predicted octanol–water partition coefficient (Wildman–Crippen LogP) is -0.223. The topological polar surface area (TPSA) is 135 Å². The SMILES string of the molecule is Cn1c(=O)c2[nH]c(N=NSCC(=O)O)nc2n(C)c1=O. The van der Waals surface area contributed by atoms with E-state index in [1.807, 2.05) is 0 Å². The zero-order chi connectivity index (χ0) is 14.9. The number of nitrogens with zero attached hydrogens (tertiary/aromatic N) is 5. The molecule has 0 aromatic carbocycles. The Morgan fingerprint density at radius 1 is 1.40 bits per heavy atom. The van der Waals surface area contributed by atoms with Gasteiger partial charge in [-0.3, -0.25) is 18.7 Å². The molecule has 0 atom stereocenters. The van der Waals surface area contributed by atoms with Gasteiger partial charge in [-0.1, -0.05) is 0 Å². The van der Waals surface area contributed by atoms with Crippen LogP contribution in [0.2, 0.25) is 0 Å². The number of aromatic amines is 1. The van der Waals surface area contributed by atoms with Crippen molar-refractivity contribution in [3.63, 3.8) is 0 Å². The number of aryl methyl sites for hydroxylation is 1. The zero-order valence-corrected chi connectivity index (χ0v) is 11.3. The van der Waals surface area contributed by atoms with Gasteiger partial charge < -0.3 is 10.1 Å². The highest BCUT2D eigenvalue weighted by Crippen LogP contribution is 2.14. The Kier molecular flexibility index (Phi) is 3.70. The van der Waals surface area contributed by atoms with E-state index in [-0.39, 0.29) is 22.9 Å². The van der Waals surface area contributed by atoms with Gasteiger partial charge in [0.2, 0.25) is 5.95 Å². The second-order valence-corrected chi connectivity index (χ2v) is 4.52. The molecule has 2 aromatic rings. The zero-order valence-electron chi connectivity index (χ0n) is 10.5. The van der Waals surface area contributed by atoms with Crippen molar-refractivity contribution in [3.8, 4) is 0 Å². The van der Waals surface area contributed by atoms with Crippen molar-refractivity contribution >= 4 is 35.0 Å². The van der Waals surface area contributed by atoms with Crippen molar-refractivity contribution in [3.05, 3.63) is 20.8 Å². The lowest BCUT2D eigenvalue weighted by molar-refractivity contribution is -0.133. The van der Waals surface area contributed by atoms with E-state index < -0.39 is 17.2 Å². The fourth-order valence-electron chi connectivity index (χ4n) is 1.51. The Bertz CT molecular complexity index is 816. The Morgan fingerprint density at radius 3 is 2.75 bits per heavy atom. The van der Waals surface area contributed by atoms with Gasteiger partial charge in [0.25, 0.3) is 5.56 Å². The number of imidazole rings is 1. The molecule has 20 heavy (non-hydrogen) atoms. The van der Waals surface area contributed by atoms with Crippen LogP contribution in [-0.4, -0.2) is 35.9 Å². The number of carbonyl (C=O) groups is 1. The molecule has 0 aliphatic rings. The van der Waals surface area contributed by atoms with E-state index in [0.29, 0.717) is 0 Å². The molecule has 0 saturated heterocycles. The van der Waals surface area contributed by atoms with Crippen molar-refractivity contribution in [1.29, 1.82) is 0 Å². The standard InChI is InChI=1S/C9H10N6O4S/c1-14-6-5(7(18)15(2)9(14)19)10-8(11-6)12-13-20-3-4(16)17/h3H2,1-2H3,(H,10,11)(H,16,17). The molecule has 10 nitrogen and oxygen atoms in total. The first-order valence-electron chi connectivity index (χ1n) is 5.32. The smallest absolute Gasteiger partial charge is 0.332 e. The maximum Gasteiger partial charge on any atom is 0.332 e. The van der Waals surface area contributed by atoms with Gasteiger partial charge in [-0.05, 0) is 0 Å².